The first-order valence-electron chi connectivity index (χ1n) is 16.4. The summed E-state index contributed by atoms with van der Waals surface area (Å²) >= 11 is 0. The fourth-order valence-corrected chi connectivity index (χ4v) is 7.06. The van der Waals surface area contributed by atoms with Crippen LogP contribution in [0.2, 0.25) is 0 Å². The minimum Gasteiger partial charge on any atom is -0.456 e. The Kier molecular flexibility index (Phi) is 6.15. The van der Waals surface area contributed by atoms with Crippen LogP contribution in [0.4, 0.5) is 0 Å². The zero-order valence-corrected chi connectivity index (χ0v) is 26.3. The summed E-state index contributed by atoms with van der Waals surface area (Å²) in [6, 6.07) is 57.0. The number of benzene rings is 8. The highest BCUT2D eigenvalue weighted by Crippen LogP contribution is 2.39. The lowest BCUT2D eigenvalue weighted by Crippen LogP contribution is -2.00. The van der Waals surface area contributed by atoms with E-state index in [1.54, 1.807) is 0 Å². The van der Waals surface area contributed by atoms with Crippen LogP contribution in [0.25, 0.3) is 99.5 Å². The smallest absolute Gasteiger partial charge is 0.164 e. The maximum atomic E-state index is 6.50. The second kappa shape index (κ2) is 11.0. The lowest BCUT2D eigenvalue weighted by Gasteiger charge is -2.11. The Bertz CT molecular complexity index is 2890. The van der Waals surface area contributed by atoms with Crippen molar-refractivity contribution in [3.63, 3.8) is 0 Å². The standard InChI is InChI=1S/C45H27N3O/c1-2-12-30(13-3-1)43-46-44(37-17-8-15-29-11-6-7-16-36(29)37)48-45(47-43)38-18-9-19-40-42(38)39-26-35-25-33(22-23-34(35)27-41(39)49-40)32-21-20-28-10-4-5-14-31(28)24-32/h1-27H. The van der Waals surface area contributed by atoms with Gasteiger partial charge >= 0.3 is 0 Å². The van der Waals surface area contributed by atoms with E-state index < -0.39 is 0 Å². The molecule has 8 aromatic carbocycles. The van der Waals surface area contributed by atoms with E-state index in [1.807, 2.05) is 42.5 Å². The molecule has 0 aliphatic rings. The molecule has 0 saturated carbocycles. The third-order valence-corrected chi connectivity index (χ3v) is 9.48. The van der Waals surface area contributed by atoms with Crippen LogP contribution >= 0.6 is 0 Å². The Labute approximate surface area is 282 Å². The van der Waals surface area contributed by atoms with Crippen molar-refractivity contribution in [1.29, 1.82) is 0 Å². The molecule has 0 atom stereocenters. The SMILES string of the molecule is c1ccc(-c2nc(-c3cccc4ccccc34)nc(-c3cccc4oc5cc6ccc(-c7ccc8ccccc8c7)cc6cc5c34)n2)cc1. The highest BCUT2D eigenvalue weighted by molar-refractivity contribution is 6.15. The quantitative estimate of drug-likeness (QED) is 0.195. The predicted octanol–water partition coefficient (Wildman–Crippen LogP) is 11.9. The van der Waals surface area contributed by atoms with Gasteiger partial charge in [0, 0.05) is 27.5 Å². The number of hydrogen-bond donors (Lipinski definition) is 0. The van der Waals surface area contributed by atoms with Crippen LogP contribution in [0, 0.1) is 0 Å². The van der Waals surface area contributed by atoms with Crippen LogP contribution in [0.15, 0.2) is 168 Å². The Morgan fingerprint density at radius 1 is 0.327 bits per heavy atom. The molecule has 2 aromatic heterocycles. The zero-order chi connectivity index (χ0) is 32.3. The van der Waals surface area contributed by atoms with E-state index in [-0.39, 0.29) is 0 Å². The molecule has 4 nitrogen and oxygen atoms in total. The molecule has 0 spiro atoms. The zero-order valence-electron chi connectivity index (χ0n) is 26.3. The van der Waals surface area contributed by atoms with Gasteiger partial charge in [-0.25, -0.2) is 15.0 Å². The van der Waals surface area contributed by atoms with Crippen molar-refractivity contribution in [2.45, 2.75) is 0 Å². The Balaban J connectivity index is 1.19. The molecule has 0 aliphatic heterocycles. The summed E-state index contributed by atoms with van der Waals surface area (Å²) in [7, 11) is 0. The highest BCUT2D eigenvalue weighted by atomic mass is 16.3. The summed E-state index contributed by atoms with van der Waals surface area (Å²) in [6.07, 6.45) is 0. The Morgan fingerprint density at radius 2 is 0.939 bits per heavy atom. The average Bonchev–Trinajstić information content (AvgIpc) is 3.54. The first-order chi connectivity index (χ1) is 24.2. The molecule has 0 amide bonds. The van der Waals surface area contributed by atoms with Gasteiger partial charge in [0.2, 0.25) is 0 Å². The number of fused-ring (bicyclic) bond motifs is 6. The second-order valence-corrected chi connectivity index (χ2v) is 12.5. The minimum atomic E-state index is 0.607. The molecule has 0 radical (unpaired) electrons. The van der Waals surface area contributed by atoms with Gasteiger partial charge in [0.1, 0.15) is 11.2 Å². The highest BCUT2D eigenvalue weighted by Gasteiger charge is 2.19. The second-order valence-electron chi connectivity index (χ2n) is 12.5. The number of nitrogens with zero attached hydrogens (tertiary/aromatic N) is 3. The molecule has 0 unspecified atom stereocenters. The van der Waals surface area contributed by atoms with E-state index in [4.69, 9.17) is 19.4 Å². The lowest BCUT2D eigenvalue weighted by atomic mass is 9.97. The maximum Gasteiger partial charge on any atom is 0.164 e. The molecular weight excluding hydrogens is 599 g/mol. The number of hydrogen-bond acceptors (Lipinski definition) is 4. The third-order valence-electron chi connectivity index (χ3n) is 9.48. The summed E-state index contributed by atoms with van der Waals surface area (Å²) in [5.74, 6) is 1.87. The van der Waals surface area contributed by atoms with Gasteiger partial charge in [0.25, 0.3) is 0 Å². The fourth-order valence-electron chi connectivity index (χ4n) is 7.06. The van der Waals surface area contributed by atoms with Gasteiger partial charge < -0.3 is 4.42 Å². The molecule has 228 valence electrons. The van der Waals surface area contributed by atoms with Crippen molar-refractivity contribution in [1.82, 2.24) is 15.0 Å². The van der Waals surface area contributed by atoms with Gasteiger partial charge in [0.15, 0.2) is 17.5 Å². The van der Waals surface area contributed by atoms with Crippen molar-refractivity contribution < 1.29 is 4.42 Å². The minimum absolute atomic E-state index is 0.607. The summed E-state index contributed by atoms with van der Waals surface area (Å²) in [5, 5.41) is 9.00. The largest absolute Gasteiger partial charge is 0.456 e. The van der Waals surface area contributed by atoms with Crippen LogP contribution in [0.5, 0.6) is 0 Å². The number of furan rings is 1. The van der Waals surface area contributed by atoms with Gasteiger partial charge in [-0.05, 0) is 73.8 Å². The van der Waals surface area contributed by atoms with Crippen LogP contribution in [-0.4, -0.2) is 15.0 Å². The topological polar surface area (TPSA) is 51.8 Å². The van der Waals surface area contributed by atoms with Crippen LogP contribution in [0.1, 0.15) is 0 Å². The van der Waals surface area contributed by atoms with Crippen LogP contribution in [0.3, 0.4) is 0 Å². The molecule has 0 saturated heterocycles. The summed E-state index contributed by atoms with van der Waals surface area (Å²) in [4.78, 5) is 15.3. The van der Waals surface area contributed by atoms with Crippen molar-refractivity contribution in [2.75, 3.05) is 0 Å². The molecule has 0 fully saturated rings. The van der Waals surface area contributed by atoms with E-state index in [9.17, 15) is 0 Å². The summed E-state index contributed by atoms with van der Waals surface area (Å²) in [5.41, 5.74) is 6.81. The van der Waals surface area contributed by atoms with Gasteiger partial charge in [0.05, 0.1) is 0 Å². The first-order valence-corrected chi connectivity index (χ1v) is 16.4. The van der Waals surface area contributed by atoms with Crippen LogP contribution < -0.4 is 0 Å². The molecule has 0 bridgehead atoms. The maximum absolute atomic E-state index is 6.50. The van der Waals surface area contributed by atoms with E-state index >= 15 is 0 Å². The van der Waals surface area contributed by atoms with Gasteiger partial charge in [-0.3, -0.25) is 0 Å². The molecule has 49 heavy (non-hydrogen) atoms. The lowest BCUT2D eigenvalue weighted by molar-refractivity contribution is 0.669. The van der Waals surface area contributed by atoms with E-state index in [1.165, 1.54) is 21.9 Å². The Hall–Kier alpha value is -6.65. The van der Waals surface area contributed by atoms with Crippen molar-refractivity contribution in [2.24, 2.45) is 0 Å². The molecule has 2 heterocycles. The first kappa shape index (κ1) is 27.5. The van der Waals surface area contributed by atoms with Gasteiger partial charge in [-0.2, -0.15) is 0 Å². The molecular formula is C45H27N3O. The molecule has 0 aliphatic carbocycles. The molecule has 0 N–H and O–H groups in total. The van der Waals surface area contributed by atoms with E-state index in [0.29, 0.717) is 17.5 Å². The summed E-state index contributed by atoms with van der Waals surface area (Å²) in [6.45, 7) is 0. The fraction of sp³-hybridized carbons (Fsp3) is 0. The van der Waals surface area contributed by atoms with E-state index in [0.717, 1.165) is 60.2 Å². The molecule has 4 heteroatoms. The monoisotopic (exact) mass is 625 g/mol. The predicted molar refractivity (Wildman–Crippen MR) is 201 cm³/mol. The van der Waals surface area contributed by atoms with Crippen molar-refractivity contribution in [3.8, 4) is 45.3 Å². The Morgan fingerprint density at radius 3 is 1.80 bits per heavy atom. The van der Waals surface area contributed by atoms with E-state index in [2.05, 4.69) is 121 Å². The number of rotatable bonds is 4. The third kappa shape index (κ3) is 4.65. The average molecular weight is 626 g/mol. The van der Waals surface area contributed by atoms with Crippen molar-refractivity contribution >= 4 is 54.3 Å². The normalized spacial score (nSPS) is 11.7. The molecule has 10 rings (SSSR count). The molecule has 10 aromatic rings. The van der Waals surface area contributed by atoms with Crippen LogP contribution in [-0.2, 0) is 0 Å². The van der Waals surface area contributed by atoms with Crippen molar-refractivity contribution in [3.05, 3.63) is 164 Å². The van der Waals surface area contributed by atoms with Gasteiger partial charge in [-0.1, -0.05) is 133 Å². The number of aromatic nitrogens is 3. The van der Waals surface area contributed by atoms with Gasteiger partial charge in [-0.15, -0.1) is 0 Å². The summed E-state index contributed by atoms with van der Waals surface area (Å²) < 4.78 is 6.50.